The van der Waals surface area contributed by atoms with Crippen LogP contribution >= 0.6 is 0 Å². The number of carbonyl (C=O) groups is 1. The maximum Gasteiger partial charge on any atom is 0.309 e. The molecule has 18 heavy (non-hydrogen) atoms. The minimum atomic E-state index is -1.08. The monoisotopic (exact) mass is 256 g/mol. The smallest absolute Gasteiger partial charge is 0.309 e. The number of carboxylic acid groups (broad SMARTS) is 1. The molecule has 4 nitrogen and oxygen atoms in total. The van der Waals surface area contributed by atoms with Crippen LogP contribution in [0.1, 0.15) is 19.4 Å². The Hall–Kier alpha value is -1.78. The number of hydrogen-bond acceptors (Lipinski definition) is 3. The van der Waals surface area contributed by atoms with Crippen molar-refractivity contribution >= 4 is 5.97 Å². The summed E-state index contributed by atoms with van der Waals surface area (Å²) in [5, 5.41) is 9.09. The largest absolute Gasteiger partial charge is 0.496 e. The molecular formula is C13H17FO4. The summed E-state index contributed by atoms with van der Waals surface area (Å²) in [6.45, 7) is 3.07. The zero-order valence-corrected chi connectivity index (χ0v) is 10.9. The van der Waals surface area contributed by atoms with Gasteiger partial charge in [0.15, 0.2) is 11.6 Å². The quantitative estimate of drug-likeness (QED) is 0.879. The van der Waals surface area contributed by atoms with Gasteiger partial charge in [0.2, 0.25) is 0 Å². The molecule has 0 saturated carbocycles. The topological polar surface area (TPSA) is 55.8 Å². The van der Waals surface area contributed by atoms with Crippen molar-refractivity contribution in [2.75, 3.05) is 14.2 Å². The summed E-state index contributed by atoms with van der Waals surface area (Å²) < 4.78 is 24.1. The highest BCUT2D eigenvalue weighted by Crippen LogP contribution is 2.34. The van der Waals surface area contributed by atoms with Gasteiger partial charge in [-0.1, -0.05) is 0 Å². The number of rotatable bonds is 5. The van der Waals surface area contributed by atoms with Crippen LogP contribution in [0, 0.1) is 11.2 Å². The molecule has 1 aromatic rings. The third-order valence-electron chi connectivity index (χ3n) is 2.80. The molecule has 1 N–H and O–H groups in total. The highest BCUT2D eigenvalue weighted by molar-refractivity contribution is 5.74. The highest BCUT2D eigenvalue weighted by atomic mass is 19.1. The third-order valence-corrected chi connectivity index (χ3v) is 2.80. The highest BCUT2D eigenvalue weighted by Gasteiger charge is 2.31. The average Bonchev–Trinajstić information content (AvgIpc) is 2.31. The Labute approximate surface area is 105 Å². The first-order chi connectivity index (χ1) is 8.33. The second-order valence-corrected chi connectivity index (χ2v) is 4.63. The van der Waals surface area contributed by atoms with E-state index < -0.39 is 17.2 Å². The van der Waals surface area contributed by atoms with Gasteiger partial charge in [-0.05, 0) is 32.4 Å². The molecule has 0 spiro atoms. The maximum absolute atomic E-state index is 14.1. The van der Waals surface area contributed by atoms with E-state index in [-0.39, 0.29) is 17.7 Å². The fourth-order valence-electron chi connectivity index (χ4n) is 1.61. The molecule has 0 amide bonds. The van der Waals surface area contributed by atoms with E-state index in [1.807, 2.05) is 0 Å². The molecule has 0 heterocycles. The summed E-state index contributed by atoms with van der Waals surface area (Å²) in [7, 11) is 2.77. The molecule has 0 aliphatic carbocycles. The molecule has 0 atom stereocenters. The van der Waals surface area contributed by atoms with E-state index in [2.05, 4.69) is 0 Å². The van der Waals surface area contributed by atoms with Crippen molar-refractivity contribution in [2.45, 2.75) is 20.3 Å². The SMILES string of the molecule is COc1ccc(OC)c(CC(C)(C)C(=O)O)c1F. The number of aliphatic carboxylic acids is 1. The first kappa shape index (κ1) is 14.3. The molecule has 0 aromatic heterocycles. The fraction of sp³-hybridized carbons (Fsp3) is 0.462. The minimum absolute atomic E-state index is 0.0224. The van der Waals surface area contributed by atoms with Crippen LogP contribution in [0.4, 0.5) is 4.39 Å². The molecule has 0 fully saturated rings. The van der Waals surface area contributed by atoms with E-state index in [0.29, 0.717) is 5.75 Å². The lowest BCUT2D eigenvalue weighted by Crippen LogP contribution is -2.27. The van der Waals surface area contributed by atoms with Crippen LogP contribution < -0.4 is 9.47 Å². The molecule has 0 aliphatic heterocycles. The van der Waals surface area contributed by atoms with E-state index in [1.165, 1.54) is 34.1 Å². The molecule has 0 saturated heterocycles. The van der Waals surface area contributed by atoms with Crippen LogP contribution in [0.25, 0.3) is 0 Å². The second kappa shape index (κ2) is 5.25. The first-order valence-corrected chi connectivity index (χ1v) is 5.46. The lowest BCUT2D eigenvalue weighted by atomic mass is 9.85. The molecular weight excluding hydrogens is 239 g/mol. The van der Waals surface area contributed by atoms with Crippen molar-refractivity contribution in [2.24, 2.45) is 5.41 Å². The minimum Gasteiger partial charge on any atom is -0.496 e. The van der Waals surface area contributed by atoms with Crippen molar-refractivity contribution in [1.82, 2.24) is 0 Å². The summed E-state index contributed by atoms with van der Waals surface area (Å²) in [6, 6.07) is 3.01. The predicted molar refractivity (Wildman–Crippen MR) is 64.6 cm³/mol. The van der Waals surface area contributed by atoms with E-state index in [4.69, 9.17) is 14.6 Å². The van der Waals surface area contributed by atoms with Gasteiger partial charge in [-0.15, -0.1) is 0 Å². The third kappa shape index (κ3) is 2.72. The average molecular weight is 256 g/mol. The molecule has 0 bridgehead atoms. The Morgan fingerprint density at radius 3 is 2.22 bits per heavy atom. The van der Waals surface area contributed by atoms with E-state index >= 15 is 0 Å². The molecule has 1 rings (SSSR count). The van der Waals surface area contributed by atoms with E-state index in [0.717, 1.165) is 0 Å². The van der Waals surface area contributed by atoms with Crippen LogP contribution in [0.15, 0.2) is 12.1 Å². The number of methoxy groups -OCH3 is 2. The summed E-state index contributed by atoms with van der Waals surface area (Å²) >= 11 is 0. The Bertz CT molecular complexity index is 455. The zero-order chi connectivity index (χ0) is 13.9. The van der Waals surface area contributed by atoms with Crippen LogP contribution in [0.2, 0.25) is 0 Å². The van der Waals surface area contributed by atoms with Crippen molar-refractivity contribution in [1.29, 1.82) is 0 Å². The predicted octanol–water partition coefficient (Wildman–Crippen LogP) is 2.50. The summed E-state index contributed by atoms with van der Waals surface area (Å²) in [5.74, 6) is -1.17. The van der Waals surface area contributed by atoms with E-state index in [9.17, 15) is 9.18 Å². The van der Waals surface area contributed by atoms with Gasteiger partial charge < -0.3 is 14.6 Å². The first-order valence-electron chi connectivity index (χ1n) is 5.46. The van der Waals surface area contributed by atoms with Crippen LogP contribution in [-0.4, -0.2) is 25.3 Å². The van der Waals surface area contributed by atoms with Gasteiger partial charge in [0, 0.05) is 5.56 Å². The number of benzene rings is 1. The van der Waals surface area contributed by atoms with Crippen molar-refractivity contribution < 1.29 is 23.8 Å². The van der Waals surface area contributed by atoms with Gasteiger partial charge in [-0.3, -0.25) is 4.79 Å². The Morgan fingerprint density at radius 2 is 1.78 bits per heavy atom. The lowest BCUT2D eigenvalue weighted by Gasteiger charge is -2.21. The molecule has 100 valence electrons. The lowest BCUT2D eigenvalue weighted by molar-refractivity contribution is -0.146. The van der Waals surface area contributed by atoms with Gasteiger partial charge in [0.05, 0.1) is 19.6 Å². The number of hydrogen-bond donors (Lipinski definition) is 1. The molecule has 0 unspecified atom stereocenters. The number of carboxylic acids is 1. The second-order valence-electron chi connectivity index (χ2n) is 4.63. The summed E-state index contributed by atoms with van der Waals surface area (Å²) in [5.41, 5.74) is -0.871. The van der Waals surface area contributed by atoms with Crippen molar-refractivity contribution in [3.8, 4) is 11.5 Å². The van der Waals surface area contributed by atoms with Crippen molar-refractivity contribution in [3.05, 3.63) is 23.5 Å². The van der Waals surface area contributed by atoms with Gasteiger partial charge >= 0.3 is 5.97 Å². The Kier molecular flexibility index (Phi) is 4.16. The van der Waals surface area contributed by atoms with Crippen LogP contribution in [0.5, 0.6) is 11.5 Å². The Morgan fingerprint density at radius 1 is 1.28 bits per heavy atom. The molecule has 1 aromatic carbocycles. The molecule has 5 heteroatoms. The van der Waals surface area contributed by atoms with E-state index in [1.54, 1.807) is 6.07 Å². The van der Waals surface area contributed by atoms with Gasteiger partial charge in [0.25, 0.3) is 0 Å². The van der Waals surface area contributed by atoms with Gasteiger partial charge in [-0.25, -0.2) is 4.39 Å². The summed E-state index contributed by atoms with van der Waals surface area (Å²) in [6.07, 6.45) is 0.0224. The Balaban J connectivity index is 3.25. The zero-order valence-electron chi connectivity index (χ0n) is 10.9. The maximum atomic E-state index is 14.1. The standard InChI is InChI=1S/C13H17FO4/c1-13(2,12(15)16)7-8-9(17-3)5-6-10(18-4)11(8)14/h5-6H,7H2,1-4H3,(H,15,16). The molecule has 0 radical (unpaired) electrons. The molecule has 0 aliphatic rings. The normalized spacial score (nSPS) is 11.2. The van der Waals surface area contributed by atoms with Gasteiger partial charge in [0.1, 0.15) is 5.75 Å². The number of ether oxygens (including phenoxy) is 2. The van der Waals surface area contributed by atoms with Crippen LogP contribution in [0.3, 0.4) is 0 Å². The fourth-order valence-corrected chi connectivity index (χ4v) is 1.61. The number of halogens is 1. The summed E-state index contributed by atoms with van der Waals surface area (Å²) in [4.78, 5) is 11.1. The van der Waals surface area contributed by atoms with Crippen LogP contribution in [-0.2, 0) is 11.2 Å². The van der Waals surface area contributed by atoms with Crippen molar-refractivity contribution in [3.63, 3.8) is 0 Å². The van der Waals surface area contributed by atoms with Gasteiger partial charge in [-0.2, -0.15) is 0 Å².